The maximum absolute atomic E-state index is 13.5. The molecule has 12 heteroatoms. The minimum atomic E-state index is -4.34. The number of aliphatic hydroxyl groups is 1. The fourth-order valence-electron chi connectivity index (χ4n) is 4.75. The third-order valence-electron chi connectivity index (χ3n) is 7.09. The summed E-state index contributed by atoms with van der Waals surface area (Å²) >= 11 is 0. The van der Waals surface area contributed by atoms with Crippen molar-refractivity contribution in [2.75, 3.05) is 13.2 Å². The van der Waals surface area contributed by atoms with Crippen molar-refractivity contribution in [3.8, 4) is 0 Å². The highest BCUT2D eigenvalue weighted by Gasteiger charge is 2.37. The predicted molar refractivity (Wildman–Crippen MR) is 147 cm³/mol. The molecular weight excluding hydrogens is 530 g/mol. The van der Waals surface area contributed by atoms with E-state index in [1.54, 1.807) is 0 Å². The highest BCUT2D eigenvalue weighted by molar-refractivity contribution is 7.47. The Bertz CT molecular complexity index is 972. The van der Waals surface area contributed by atoms with E-state index in [4.69, 9.17) is 13.8 Å². The maximum atomic E-state index is 13.5. The van der Waals surface area contributed by atoms with Crippen molar-refractivity contribution >= 4 is 7.82 Å². The van der Waals surface area contributed by atoms with Gasteiger partial charge in [-0.25, -0.2) is 9.36 Å². The van der Waals surface area contributed by atoms with E-state index in [-0.39, 0.29) is 13.0 Å². The third-order valence-corrected chi connectivity index (χ3v) is 8.08. The lowest BCUT2D eigenvalue weighted by Crippen LogP contribution is -2.34. The van der Waals surface area contributed by atoms with Gasteiger partial charge in [0, 0.05) is 6.42 Å². The highest BCUT2D eigenvalue weighted by atomic mass is 31.2. The lowest BCUT2D eigenvalue weighted by Gasteiger charge is -2.18. The van der Waals surface area contributed by atoms with Gasteiger partial charge < -0.3 is 14.7 Å². The van der Waals surface area contributed by atoms with E-state index in [9.17, 15) is 28.5 Å². The normalized spacial score (nSPS) is 20.9. The number of hydrogen-bond donors (Lipinski definition) is 3. The number of halogens is 1. The zero-order valence-corrected chi connectivity index (χ0v) is 24.3. The fourth-order valence-corrected chi connectivity index (χ4v) is 5.52. The summed E-state index contributed by atoms with van der Waals surface area (Å²) in [5, 5.41) is 10.2. The first-order valence-electron chi connectivity index (χ1n) is 14.7. The molecule has 1 fully saturated rings. The second-order valence-electron chi connectivity index (χ2n) is 10.5. The lowest BCUT2D eigenvalue weighted by molar-refractivity contribution is -0.0468. The van der Waals surface area contributed by atoms with Crippen molar-refractivity contribution in [1.82, 2.24) is 9.55 Å². The summed E-state index contributed by atoms with van der Waals surface area (Å²) in [5.74, 6) is -1.17. The van der Waals surface area contributed by atoms with Gasteiger partial charge in [-0.1, -0.05) is 103 Å². The molecule has 1 aliphatic heterocycles. The number of phosphoric acid groups is 1. The number of nitrogens with one attached hydrogen (secondary N) is 1. The van der Waals surface area contributed by atoms with Gasteiger partial charge in [-0.15, -0.1) is 0 Å². The van der Waals surface area contributed by atoms with Gasteiger partial charge in [0.1, 0.15) is 12.3 Å². The first-order chi connectivity index (χ1) is 18.7. The number of unbranched alkanes of at least 4 members (excludes halogenated alkanes) is 15. The Labute approximate surface area is 230 Å². The van der Waals surface area contributed by atoms with Crippen LogP contribution in [0.2, 0.25) is 0 Å². The molecule has 1 unspecified atom stereocenters. The Kier molecular flexibility index (Phi) is 16.4. The SMILES string of the molecule is CCCCCCCCCCCCCCCCCCOP(=O)(O)OC[C@H]1O[C@@H](n2cc(F)c(=O)[nH]c2=O)C[C@@H]1O. The summed E-state index contributed by atoms with van der Waals surface area (Å²) in [6.07, 6.45) is 17.1. The van der Waals surface area contributed by atoms with Crippen LogP contribution in [0.5, 0.6) is 0 Å². The first kappa shape index (κ1) is 33.8. The number of hydrogen-bond acceptors (Lipinski definition) is 7. The van der Waals surface area contributed by atoms with Gasteiger partial charge in [-0.3, -0.25) is 23.4 Å². The second kappa shape index (κ2) is 18.9. The van der Waals surface area contributed by atoms with E-state index in [1.165, 1.54) is 77.0 Å². The maximum Gasteiger partial charge on any atom is 0.472 e. The molecule has 0 spiro atoms. The quantitative estimate of drug-likeness (QED) is 0.117. The smallest absolute Gasteiger partial charge is 0.390 e. The van der Waals surface area contributed by atoms with Crippen LogP contribution in [-0.2, 0) is 18.3 Å². The van der Waals surface area contributed by atoms with Crippen LogP contribution in [-0.4, -0.2) is 45.0 Å². The van der Waals surface area contributed by atoms with Gasteiger partial charge in [0.05, 0.1) is 25.5 Å². The van der Waals surface area contributed by atoms with Gasteiger partial charge in [0.2, 0.25) is 5.82 Å². The fraction of sp³-hybridized carbons (Fsp3) is 0.852. The second-order valence-corrected chi connectivity index (χ2v) is 11.9. The Balaban J connectivity index is 1.47. The molecule has 4 atom stereocenters. The van der Waals surface area contributed by atoms with Crippen LogP contribution in [0.15, 0.2) is 15.8 Å². The molecule has 0 saturated carbocycles. The Morgan fingerprint density at radius 1 is 0.949 bits per heavy atom. The van der Waals surface area contributed by atoms with Gasteiger partial charge in [-0.05, 0) is 6.42 Å². The molecule has 3 N–H and O–H groups in total. The minimum Gasteiger partial charge on any atom is -0.390 e. The van der Waals surface area contributed by atoms with Crippen LogP contribution < -0.4 is 11.2 Å². The molecule has 1 aliphatic rings. The number of aromatic nitrogens is 2. The average molecular weight is 579 g/mol. The van der Waals surface area contributed by atoms with Crippen molar-refractivity contribution < 1.29 is 32.7 Å². The van der Waals surface area contributed by atoms with Crippen molar-refractivity contribution in [2.24, 2.45) is 0 Å². The van der Waals surface area contributed by atoms with E-state index in [0.717, 1.165) is 23.8 Å². The van der Waals surface area contributed by atoms with Crippen LogP contribution >= 0.6 is 7.82 Å². The zero-order valence-electron chi connectivity index (χ0n) is 23.4. The first-order valence-corrected chi connectivity index (χ1v) is 16.2. The molecule has 0 bridgehead atoms. The molecule has 0 radical (unpaired) electrons. The third kappa shape index (κ3) is 13.7. The van der Waals surface area contributed by atoms with Gasteiger partial charge in [0.15, 0.2) is 0 Å². The lowest BCUT2D eigenvalue weighted by atomic mass is 10.0. The summed E-state index contributed by atoms with van der Waals surface area (Å²) in [7, 11) is -4.34. The van der Waals surface area contributed by atoms with E-state index in [1.807, 2.05) is 4.98 Å². The number of rotatable bonds is 22. The van der Waals surface area contributed by atoms with Crippen molar-refractivity contribution in [3.05, 3.63) is 32.9 Å². The van der Waals surface area contributed by atoms with Gasteiger partial charge >= 0.3 is 13.5 Å². The topological polar surface area (TPSA) is 140 Å². The van der Waals surface area contributed by atoms with Crippen molar-refractivity contribution in [3.63, 3.8) is 0 Å². The average Bonchev–Trinajstić information content (AvgIpc) is 3.27. The number of aliphatic hydroxyl groups excluding tert-OH is 1. The van der Waals surface area contributed by atoms with Gasteiger partial charge in [0.25, 0.3) is 5.56 Å². The number of nitrogens with zero attached hydrogens (tertiary/aromatic N) is 1. The van der Waals surface area contributed by atoms with E-state index in [0.29, 0.717) is 12.6 Å². The molecule has 1 saturated heterocycles. The molecule has 10 nitrogen and oxygen atoms in total. The molecular formula is C27H48FN2O8P. The van der Waals surface area contributed by atoms with Crippen LogP contribution in [0.25, 0.3) is 0 Å². The summed E-state index contributed by atoms with van der Waals surface area (Å²) in [6.45, 7) is 1.87. The van der Waals surface area contributed by atoms with Crippen LogP contribution in [0.3, 0.4) is 0 Å². The molecule has 2 heterocycles. The summed E-state index contributed by atoms with van der Waals surface area (Å²) in [4.78, 5) is 34.8. The van der Waals surface area contributed by atoms with Crippen molar-refractivity contribution in [2.45, 2.75) is 135 Å². The van der Waals surface area contributed by atoms with E-state index < -0.39 is 49.9 Å². The highest BCUT2D eigenvalue weighted by Crippen LogP contribution is 2.44. The standard InChI is InChI=1S/C27H48FN2O8P/c1-2-3-4-5-6-7-8-9-10-11-12-13-14-15-16-17-18-36-39(34,35)37-21-24-23(31)19-25(38-24)30-20-22(28)26(32)29-27(30)33/h20,23-25,31H,2-19,21H2,1H3,(H,34,35)(H,29,32,33)/t23-,24+,25+/m0/s1. The number of aromatic amines is 1. The van der Waals surface area contributed by atoms with Crippen LogP contribution in [0.1, 0.15) is 122 Å². The molecule has 2 rings (SSSR count). The molecule has 1 aromatic heterocycles. The molecule has 226 valence electrons. The Morgan fingerprint density at radius 2 is 1.46 bits per heavy atom. The molecule has 0 aliphatic carbocycles. The zero-order chi connectivity index (χ0) is 28.5. The van der Waals surface area contributed by atoms with Gasteiger partial charge in [-0.2, -0.15) is 4.39 Å². The number of ether oxygens (including phenoxy) is 1. The van der Waals surface area contributed by atoms with Crippen LogP contribution in [0.4, 0.5) is 4.39 Å². The minimum absolute atomic E-state index is 0.0783. The molecule has 0 amide bonds. The molecule has 0 aromatic carbocycles. The number of H-pyrrole nitrogens is 1. The largest absolute Gasteiger partial charge is 0.472 e. The summed E-state index contributed by atoms with van der Waals surface area (Å²) < 4.78 is 41.9. The molecule has 39 heavy (non-hydrogen) atoms. The van der Waals surface area contributed by atoms with Crippen molar-refractivity contribution in [1.29, 1.82) is 0 Å². The van der Waals surface area contributed by atoms with E-state index >= 15 is 0 Å². The molecule has 1 aromatic rings. The Morgan fingerprint density at radius 3 is 2.00 bits per heavy atom. The monoisotopic (exact) mass is 578 g/mol. The number of phosphoric ester groups is 1. The Hall–Kier alpha value is -1.36. The predicted octanol–water partition coefficient (Wildman–Crippen LogP) is 5.72. The van der Waals surface area contributed by atoms with Crippen LogP contribution in [0, 0.1) is 5.82 Å². The van der Waals surface area contributed by atoms with E-state index in [2.05, 4.69) is 6.92 Å². The summed E-state index contributed by atoms with van der Waals surface area (Å²) in [5.41, 5.74) is -2.05. The summed E-state index contributed by atoms with van der Waals surface area (Å²) in [6, 6.07) is 0.